The lowest BCUT2D eigenvalue weighted by Gasteiger charge is -2.34. The highest BCUT2D eigenvalue weighted by atomic mass is 32.1. The molecule has 0 atom stereocenters. The quantitative estimate of drug-likeness (QED) is 0.886. The Bertz CT molecular complexity index is 814. The van der Waals surface area contributed by atoms with E-state index >= 15 is 0 Å². The summed E-state index contributed by atoms with van der Waals surface area (Å²) in [6.45, 7) is 1.12. The van der Waals surface area contributed by atoms with Gasteiger partial charge in [0.05, 0.1) is 24.3 Å². The van der Waals surface area contributed by atoms with E-state index in [1.54, 1.807) is 18.2 Å². The normalized spacial score (nSPS) is 19.2. The fourth-order valence-electron chi connectivity index (χ4n) is 3.94. The number of rotatable bonds is 3. The van der Waals surface area contributed by atoms with Crippen LogP contribution in [0, 0.1) is 5.82 Å². The van der Waals surface area contributed by atoms with Crippen LogP contribution in [0.25, 0.3) is 10.6 Å². The zero-order valence-electron chi connectivity index (χ0n) is 14.7. The number of amides is 1. The first-order valence-electron chi connectivity index (χ1n) is 9.28. The van der Waals surface area contributed by atoms with Gasteiger partial charge in [-0.2, -0.15) is 0 Å². The molecule has 1 saturated carbocycles. The lowest BCUT2D eigenvalue weighted by Crippen LogP contribution is -2.42. The third-order valence-electron chi connectivity index (χ3n) is 5.45. The average molecular weight is 374 g/mol. The van der Waals surface area contributed by atoms with Gasteiger partial charge in [-0.05, 0) is 25.0 Å². The van der Waals surface area contributed by atoms with Gasteiger partial charge in [-0.25, -0.2) is 9.37 Å². The first kappa shape index (κ1) is 17.6. The molecule has 1 fully saturated rings. The lowest BCUT2D eigenvalue weighted by molar-refractivity contribution is -0.138. The fourth-order valence-corrected chi connectivity index (χ4v) is 5.09. The minimum atomic E-state index is -0.832. The molecule has 4 rings (SSSR count). The second-order valence-electron chi connectivity index (χ2n) is 7.40. The van der Waals surface area contributed by atoms with Crippen LogP contribution in [0.15, 0.2) is 24.3 Å². The molecular formula is C20H23FN2O2S. The van der Waals surface area contributed by atoms with Gasteiger partial charge < -0.3 is 10.0 Å². The number of hydrogen-bond donors (Lipinski definition) is 1. The molecule has 2 heterocycles. The van der Waals surface area contributed by atoms with Gasteiger partial charge in [0.2, 0.25) is 5.91 Å². The molecule has 6 heteroatoms. The molecule has 0 radical (unpaired) electrons. The van der Waals surface area contributed by atoms with Gasteiger partial charge in [-0.15, -0.1) is 11.3 Å². The number of benzene rings is 1. The van der Waals surface area contributed by atoms with Crippen molar-refractivity contribution in [1.29, 1.82) is 0 Å². The van der Waals surface area contributed by atoms with Crippen molar-refractivity contribution in [3.63, 3.8) is 0 Å². The Morgan fingerprint density at radius 3 is 2.81 bits per heavy atom. The number of aromatic nitrogens is 1. The predicted molar refractivity (Wildman–Crippen MR) is 99.3 cm³/mol. The van der Waals surface area contributed by atoms with E-state index in [4.69, 9.17) is 0 Å². The van der Waals surface area contributed by atoms with E-state index in [9.17, 15) is 14.3 Å². The first-order valence-corrected chi connectivity index (χ1v) is 10.1. The van der Waals surface area contributed by atoms with E-state index in [1.165, 1.54) is 17.4 Å². The average Bonchev–Trinajstić information content (AvgIpc) is 3.05. The molecule has 0 saturated heterocycles. The largest absolute Gasteiger partial charge is 0.389 e. The second-order valence-corrected chi connectivity index (χ2v) is 8.48. The Hall–Kier alpha value is -1.79. The van der Waals surface area contributed by atoms with Crippen molar-refractivity contribution < 1.29 is 14.3 Å². The van der Waals surface area contributed by atoms with E-state index in [-0.39, 0.29) is 18.1 Å². The second kappa shape index (κ2) is 7.08. The molecule has 4 nitrogen and oxygen atoms in total. The Balaban J connectivity index is 1.48. The molecule has 2 aliphatic rings. The minimum Gasteiger partial charge on any atom is -0.389 e. The summed E-state index contributed by atoms with van der Waals surface area (Å²) in [6, 6.07) is 6.65. The molecule has 0 unspecified atom stereocenters. The zero-order valence-corrected chi connectivity index (χ0v) is 15.5. The van der Waals surface area contributed by atoms with Crippen molar-refractivity contribution in [2.75, 3.05) is 6.54 Å². The Labute approximate surface area is 156 Å². The molecule has 0 bridgehead atoms. The maximum atomic E-state index is 14.0. The number of thiazole rings is 1. The number of halogens is 1. The summed E-state index contributed by atoms with van der Waals surface area (Å²) in [6.07, 6.45) is 5.46. The minimum absolute atomic E-state index is 0.0147. The Morgan fingerprint density at radius 1 is 1.27 bits per heavy atom. The summed E-state index contributed by atoms with van der Waals surface area (Å²) in [5.41, 5.74) is 0.650. The van der Waals surface area contributed by atoms with Crippen LogP contribution in [0.3, 0.4) is 0 Å². The molecule has 1 amide bonds. The molecule has 0 spiro atoms. The van der Waals surface area contributed by atoms with Gasteiger partial charge in [0.25, 0.3) is 0 Å². The summed E-state index contributed by atoms with van der Waals surface area (Å²) in [4.78, 5) is 20.1. The summed E-state index contributed by atoms with van der Waals surface area (Å²) in [5, 5.41) is 11.3. The van der Waals surface area contributed by atoms with Crippen molar-refractivity contribution in [3.8, 4) is 10.6 Å². The predicted octanol–water partition coefficient (Wildman–Crippen LogP) is 3.92. The molecular weight excluding hydrogens is 351 g/mol. The van der Waals surface area contributed by atoms with Crippen LogP contribution in [-0.2, 0) is 17.8 Å². The highest BCUT2D eigenvalue weighted by molar-refractivity contribution is 7.15. The number of carbonyl (C=O) groups is 1. The van der Waals surface area contributed by atoms with E-state index in [1.807, 2.05) is 4.90 Å². The van der Waals surface area contributed by atoms with Crippen molar-refractivity contribution in [1.82, 2.24) is 9.88 Å². The molecule has 1 aliphatic carbocycles. The molecule has 2 aromatic rings. The summed E-state index contributed by atoms with van der Waals surface area (Å²) >= 11 is 1.46. The van der Waals surface area contributed by atoms with E-state index in [0.29, 0.717) is 30.1 Å². The van der Waals surface area contributed by atoms with Crippen LogP contribution in [0.2, 0.25) is 0 Å². The van der Waals surface area contributed by atoms with Crippen LogP contribution in [-0.4, -0.2) is 33.0 Å². The van der Waals surface area contributed by atoms with Crippen molar-refractivity contribution in [3.05, 3.63) is 40.7 Å². The van der Waals surface area contributed by atoms with Gasteiger partial charge in [0.1, 0.15) is 10.8 Å². The van der Waals surface area contributed by atoms with Crippen LogP contribution in [0.5, 0.6) is 0 Å². The van der Waals surface area contributed by atoms with Gasteiger partial charge in [-0.1, -0.05) is 31.4 Å². The van der Waals surface area contributed by atoms with Crippen molar-refractivity contribution in [2.45, 2.75) is 57.1 Å². The monoisotopic (exact) mass is 374 g/mol. The third-order valence-corrected chi connectivity index (χ3v) is 6.57. The SMILES string of the molecule is O=C(CC1(O)CCCCC1)N1CCc2nc(-c3ccccc3F)sc2C1. The smallest absolute Gasteiger partial charge is 0.225 e. The standard InChI is InChI=1S/C20H23FN2O2S/c21-15-7-3-2-6-14(15)19-22-16-8-11-23(13-17(16)26-19)18(24)12-20(25)9-4-1-5-10-20/h2-3,6-7,25H,1,4-5,8-13H2. The number of carbonyl (C=O) groups excluding carboxylic acids is 1. The van der Waals surface area contributed by atoms with Crippen LogP contribution in [0.1, 0.15) is 49.1 Å². The number of hydrogen-bond acceptors (Lipinski definition) is 4. The van der Waals surface area contributed by atoms with E-state index < -0.39 is 5.60 Å². The van der Waals surface area contributed by atoms with Crippen LogP contribution in [0.4, 0.5) is 4.39 Å². The molecule has 1 aliphatic heterocycles. The van der Waals surface area contributed by atoms with E-state index in [2.05, 4.69) is 4.98 Å². The van der Waals surface area contributed by atoms with Gasteiger partial charge in [0, 0.05) is 23.4 Å². The van der Waals surface area contributed by atoms with Crippen molar-refractivity contribution >= 4 is 17.2 Å². The van der Waals surface area contributed by atoms with Crippen LogP contribution < -0.4 is 0 Å². The van der Waals surface area contributed by atoms with Gasteiger partial charge in [-0.3, -0.25) is 4.79 Å². The molecule has 1 aromatic heterocycles. The summed E-state index contributed by atoms with van der Waals surface area (Å²) < 4.78 is 14.0. The molecule has 138 valence electrons. The summed E-state index contributed by atoms with van der Waals surface area (Å²) in [7, 11) is 0. The van der Waals surface area contributed by atoms with Gasteiger partial charge in [0.15, 0.2) is 0 Å². The zero-order chi connectivity index (χ0) is 18.1. The Morgan fingerprint density at radius 2 is 2.04 bits per heavy atom. The van der Waals surface area contributed by atoms with Crippen molar-refractivity contribution in [2.24, 2.45) is 0 Å². The molecule has 1 N–H and O–H groups in total. The number of aliphatic hydroxyl groups is 1. The maximum Gasteiger partial charge on any atom is 0.225 e. The fraction of sp³-hybridized carbons (Fsp3) is 0.500. The van der Waals surface area contributed by atoms with Gasteiger partial charge >= 0.3 is 0 Å². The number of nitrogens with zero attached hydrogens (tertiary/aromatic N) is 2. The van der Waals surface area contributed by atoms with E-state index in [0.717, 1.165) is 42.7 Å². The number of fused-ring (bicyclic) bond motifs is 1. The lowest BCUT2D eigenvalue weighted by atomic mass is 9.82. The first-order chi connectivity index (χ1) is 12.5. The third kappa shape index (κ3) is 3.53. The Kier molecular flexibility index (Phi) is 4.80. The highest BCUT2D eigenvalue weighted by Crippen LogP contribution is 2.35. The maximum absolute atomic E-state index is 14.0. The molecule has 26 heavy (non-hydrogen) atoms. The van der Waals surface area contributed by atoms with Crippen LogP contribution >= 0.6 is 11.3 Å². The molecule has 1 aromatic carbocycles. The summed E-state index contributed by atoms with van der Waals surface area (Å²) in [5.74, 6) is -0.257. The highest BCUT2D eigenvalue weighted by Gasteiger charge is 2.34. The topological polar surface area (TPSA) is 53.4 Å².